The third-order valence-electron chi connectivity index (χ3n) is 3.19. The van der Waals surface area contributed by atoms with E-state index in [4.69, 9.17) is 5.73 Å². The largest absolute Gasteiger partial charge is 0.329 e. The van der Waals surface area contributed by atoms with Gasteiger partial charge in [0.2, 0.25) is 0 Å². The van der Waals surface area contributed by atoms with Crippen molar-refractivity contribution in [1.82, 2.24) is 5.32 Å². The van der Waals surface area contributed by atoms with Crippen molar-refractivity contribution in [3.63, 3.8) is 0 Å². The molecule has 1 aliphatic rings. The molecule has 14 heavy (non-hydrogen) atoms. The lowest BCUT2D eigenvalue weighted by atomic mass is 9.76. The molecule has 0 aliphatic heterocycles. The molecular formula is C12H22N2. The molecule has 80 valence electrons. The summed E-state index contributed by atoms with van der Waals surface area (Å²) in [5.74, 6) is 6.82. The van der Waals surface area contributed by atoms with Crippen LogP contribution in [-0.2, 0) is 0 Å². The highest BCUT2D eigenvalue weighted by Gasteiger charge is 2.28. The van der Waals surface area contributed by atoms with Gasteiger partial charge in [-0.3, -0.25) is 5.32 Å². The predicted molar refractivity (Wildman–Crippen MR) is 60.9 cm³/mol. The minimum Gasteiger partial charge on any atom is -0.329 e. The third kappa shape index (κ3) is 3.32. The summed E-state index contributed by atoms with van der Waals surface area (Å²) in [6.45, 7) is 5.54. The molecule has 3 N–H and O–H groups in total. The second-order valence-electron chi connectivity index (χ2n) is 4.55. The minimum atomic E-state index is 0.0922. The fourth-order valence-electron chi connectivity index (χ4n) is 1.91. The lowest BCUT2D eigenvalue weighted by Crippen LogP contribution is -2.50. The van der Waals surface area contributed by atoms with E-state index in [-0.39, 0.29) is 5.54 Å². The zero-order chi connectivity index (χ0) is 10.4. The highest BCUT2D eigenvalue weighted by atomic mass is 15.0. The molecule has 0 saturated heterocycles. The van der Waals surface area contributed by atoms with Crippen molar-refractivity contribution in [3.8, 4) is 11.8 Å². The third-order valence-corrected chi connectivity index (χ3v) is 3.19. The van der Waals surface area contributed by atoms with Gasteiger partial charge in [-0.05, 0) is 26.2 Å². The maximum absolute atomic E-state index is 5.81. The molecule has 0 aromatic heterocycles. The number of nitrogens with one attached hydrogen (secondary N) is 1. The molecule has 0 radical (unpaired) electrons. The normalized spacial score (nSPS) is 20.5. The average molecular weight is 194 g/mol. The molecule has 2 nitrogen and oxygen atoms in total. The standard InChI is InChI=1S/C12H22N2/c1-3-4-8-14-12(2,10-13)9-11-6-5-7-11/h11,14H,5-10,13H2,1-2H3. The number of hydrogen-bond acceptors (Lipinski definition) is 2. The van der Waals surface area contributed by atoms with Gasteiger partial charge >= 0.3 is 0 Å². The topological polar surface area (TPSA) is 38.0 Å². The van der Waals surface area contributed by atoms with Crippen LogP contribution in [0.2, 0.25) is 0 Å². The van der Waals surface area contributed by atoms with Crippen molar-refractivity contribution in [2.75, 3.05) is 13.1 Å². The fraction of sp³-hybridized carbons (Fsp3) is 0.833. The van der Waals surface area contributed by atoms with E-state index in [0.717, 1.165) is 12.5 Å². The van der Waals surface area contributed by atoms with Gasteiger partial charge in [-0.25, -0.2) is 0 Å². The lowest BCUT2D eigenvalue weighted by molar-refractivity contribution is 0.212. The maximum Gasteiger partial charge on any atom is 0.0580 e. The Balaban J connectivity index is 2.32. The van der Waals surface area contributed by atoms with E-state index in [1.807, 2.05) is 6.92 Å². The van der Waals surface area contributed by atoms with Crippen molar-refractivity contribution >= 4 is 0 Å². The molecule has 0 bridgehead atoms. The first-order chi connectivity index (χ1) is 6.70. The summed E-state index contributed by atoms with van der Waals surface area (Å²) in [7, 11) is 0. The minimum absolute atomic E-state index is 0.0922. The van der Waals surface area contributed by atoms with Gasteiger partial charge in [0.05, 0.1) is 6.54 Å². The zero-order valence-corrected chi connectivity index (χ0v) is 9.40. The smallest absolute Gasteiger partial charge is 0.0580 e. The van der Waals surface area contributed by atoms with Crippen LogP contribution in [0.25, 0.3) is 0 Å². The quantitative estimate of drug-likeness (QED) is 0.651. The van der Waals surface area contributed by atoms with Crippen LogP contribution in [0.3, 0.4) is 0 Å². The summed E-state index contributed by atoms with van der Waals surface area (Å²) in [6.07, 6.45) is 5.38. The Morgan fingerprint density at radius 2 is 2.21 bits per heavy atom. The highest BCUT2D eigenvalue weighted by molar-refractivity contribution is 5.00. The van der Waals surface area contributed by atoms with Gasteiger partial charge < -0.3 is 5.73 Å². The van der Waals surface area contributed by atoms with Gasteiger partial charge in [0, 0.05) is 12.1 Å². The molecule has 1 atom stereocenters. The molecule has 0 heterocycles. The Kier molecular flexibility index (Phi) is 4.44. The highest BCUT2D eigenvalue weighted by Crippen LogP contribution is 2.33. The van der Waals surface area contributed by atoms with Crippen LogP contribution in [0.15, 0.2) is 0 Å². The summed E-state index contributed by atoms with van der Waals surface area (Å²) in [6, 6.07) is 0. The van der Waals surface area contributed by atoms with Crippen molar-refractivity contribution in [3.05, 3.63) is 0 Å². The van der Waals surface area contributed by atoms with Crippen molar-refractivity contribution in [1.29, 1.82) is 0 Å². The molecule has 0 aromatic carbocycles. The van der Waals surface area contributed by atoms with Gasteiger partial charge in [-0.2, -0.15) is 0 Å². The first-order valence-electron chi connectivity index (χ1n) is 5.55. The Morgan fingerprint density at radius 3 is 2.64 bits per heavy atom. The molecule has 1 saturated carbocycles. The van der Waals surface area contributed by atoms with Crippen molar-refractivity contribution in [2.45, 2.75) is 45.1 Å². The average Bonchev–Trinajstić information content (AvgIpc) is 2.12. The lowest BCUT2D eigenvalue weighted by Gasteiger charge is -2.36. The molecule has 0 amide bonds. The van der Waals surface area contributed by atoms with E-state index in [2.05, 4.69) is 24.1 Å². The molecule has 1 unspecified atom stereocenters. The molecule has 2 heteroatoms. The predicted octanol–water partition coefficient (Wildman–Crippen LogP) is 1.51. The summed E-state index contributed by atoms with van der Waals surface area (Å²) in [5.41, 5.74) is 5.90. The van der Waals surface area contributed by atoms with Crippen LogP contribution < -0.4 is 11.1 Å². The van der Waals surface area contributed by atoms with E-state index >= 15 is 0 Å². The summed E-state index contributed by atoms with van der Waals surface area (Å²) in [4.78, 5) is 0. The van der Waals surface area contributed by atoms with Crippen LogP contribution in [-0.4, -0.2) is 18.6 Å². The molecule has 0 aromatic rings. The van der Waals surface area contributed by atoms with Crippen molar-refractivity contribution in [2.24, 2.45) is 11.7 Å². The maximum atomic E-state index is 5.81. The van der Waals surface area contributed by atoms with E-state index < -0.39 is 0 Å². The SMILES string of the molecule is CC#CCNC(C)(CN)CC1CCC1. The summed E-state index contributed by atoms with van der Waals surface area (Å²) in [5, 5.41) is 3.45. The molecule has 1 fully saturated rings. The Morgan fingerprint density at radius 1 is 1.50 bits per heavy atom. The zero-order valence-electron chi connectivity index (χ0n) is 9.40. The van der Waals surface area contributed by atoms with Crippen LogP contribution >= 0.6 is 0 Å². The number of hydrogen-bond donors (Lipinski definition) is 2. The van der Waals surface area contributed by atoms with Crippen molar-refractivity contribution < 1.29 is 0 Å². The Labute approximate surface area is 87.6 Å². The molecule has 0 spiro atoms. The summed E-state index contributed by atoms with van der Waals surface area (Å²) >= 11 is 0. The van der Waals surface area contributed by atoms with Crippen LogP contribution in [0, 0.1) is 17.8 Å². The van der Waals surface area contributed by atoms with E-state index in [1.54, 1.807) is 0 Å². The van der Waals surface area contributed by atoms with Crippen LogP contribution in [0.1, 0.15) is 39.5 Å². The van der Waals surface area contributed by atoms with E-state index in [1.165, 1.54) is 25.7 Å². The molecule has 1 aliphatic carbocycles. The molecular weight excluding hydrogens is 172 g/mol. The Bertz CT molecular complexity index is 222. The second kappa shape index (κ2) is 5.38. The number of nitrogens with two attached hydrogens (primary N) is 1. The van der Waals surface area contributed by atoms with E-state index in [9.17, 15) is 0 Å². The van der Waals surface area contributed by atoms with Gasteiger partial charge in [-0.15, -0.1) is 5.92 Å². The van der Waals surface area contributed by atoms with Crippen LogP contribution in [0.4, 0.5) is 0 Å². The summed E-state index contributed by atoms with van der Waals surface area (Å²) < 4.78 is 0. The fourth-order valence-corrected chi connectivity index (χ4v) is 1.91. The number of rotatable bonds is 5. The first kappa shape index (κ1) is 11.6. The van der Waals surface area contributed by atoms with E-state index in [0.29, 0.717) is 6.54 Å². The first-order valence-corrected chi connectivity index (χ1v) is 5.55. The van der Waals surface area contributed by atoms with Gasteiger partial charge in [-0.1, -0.05) is 25.2 Å². The molecule has 1 rings (SSSR count). The monoisotopic (exact) mass is 194 g/mol. The van der Waals surface area contributed by atoms with Gasteiger partial charge in [0.1, 0.15) is 0 Å². The second-order valence-corrected chi connectivity index (χ2v) is 4.55. The van der Waals surface area contributed by atoms with Gasteiger partial charge in [0.25, 0.3) is 0 Å². The Hall–Kier alpha value is -0.520. The van der Waals surface area contributed by atoms with Gasteiger partial charge in [0.15, 0.2) is 0 Å². The van der Waals surface area contributed by atoms with Crippen LogP contribution in [0.5, 0.6) is 0 Å².